The van der Waals surface area contributed by atoms with Gasteiger partial charge in [0.15, 0.2) is 0 Å². The van der Waals surface area contributed by atoms with Gasteiger partial charge in [-0.15, -0.1) is 0 Å². The van der Waals surface area contributed by atoms with Crippen LogP contribution in [0.25, 0.3) is 6.08 Å². The van der Waals surface area contributed by atoms with Crippen LogP contribution in [0.2, 0.25) is 0 Å². The van der Waals surface area contributed by atoms with Crippen LogP contribution in [-0.4, -0.2) is 33.6 Å². The van der Waals surface area contributed by atoms with Gasteiger partial charge in [0.2, 0.25) is 0 Å². The zero-order valence-corrected chi connectivity index (χ0v) is 13.5. The molecule has 0 amide bonds. The van der Waals surface area contributed by atoms with E-state index < -0.39 is 17.5 Å². The fourth-order valence-corrected chi connectivity index (χ4v) is 1.49. The molecule has 118 valence electrons. The number of rotatable bonds is 3. The molecule has 0 aromatic heterocycles. The number of aromatic carboxylic acids is 1. The van der Waals surface area contributed by atoms with Gasteiger partial charge in [-0.2, -0.15) is 0 Å². The average Bonchev–Trinajstić information content (AvgIpc) is 2.24. The summed E-state index contributed by atoms with van der Waals surface area (Å²) in [6.07, 6.45) is 2.96. The summed E-state index contributed by atoms with van der Waals surface area (Å²) in [5.74, 6) is -1.39. The van der Waals surface area contributed by atoms with E-state index in [1.54, 1.807) is 45.9 Å². The maximum atomic E-state index is 11.5. The molecule has 1 aromatic carbocycles. The van der Waals surface area contributed by atoms with Crippen molar-refractivity contribution < 1.29 is 49.2 Å². The minimum atomic E-state index is -0.967. The summed E-state index contributed by atoms with van der Waals surface area (Å²) in [4.78, 5) is 22.3. The molecule has 22 heavy (non-hydrogen) atoms. The van der Waals surface area contributed by atoms with Gasteiger partial charge in [0.25, 0.3) is 0 Å². The smallest absolute Gasteiger partial charge is 0.870 e. The van der Waals surface area contributed by atoms with Gasteiger partial charge in [-0.1, -0.05) is 6.07 Å². The number of esters is 1. The first-order valence-corrected chi connectivity index (χ1v) is 5.94. The standard InChI is InChI=1S/C15H18O4.Li.2H2O/c1-10-9-12(14(17)18)6-5-11(10)7-8-13(16)19-15(2,3)4;;;/h5-9H,1-4H3,(H,17,18);;2*1H2/q;+1;;/p-1/b8-7+;;;. The van der Waals surface area contributed by atoms with Crippen LogP contribution in [0, 0.1) is 6.92 Å². The molecule has 6 nitrogen and oxygen atoms in total. The van der Waals surface area contributed by atoms with Gasteiger partial charge in [-0.05, 0) is 57.0 Å². The number of carbonyl (C=O) groups is 2. The summed E-state index contributed by atoms with van der Waals surface area (Å²) >= 11 is 0. The van der Waals surface area contributed by atoms with E-state index >= 15 is 0 Å². The van der Waals surface area contributed by atoms with Crippen molar-refractivity contribution in [3.8, 4) is 0 Å². The van der Waals surface area contributed by atoms with Crippen molar-refractivity contribution in [2.24, 2.45) is 0 Å². The molecule has 0 aliphatic rings. The zero-order valence-electron chi connectivity index (χ0n) is 13.5. The first kappa shape index (κ1) is 25.4. The van der Waals surface area contributed by atoms with Crippen molar-refractivity contribution in [1.29, 1.82) is 0 Å². The Balaban J connectivity index is -0.00000120. The predicted molar refractivity (Wildman–Crippen MR) is 78.6 cm³/mol. The molecule has 1 aromatic rings. The van der Waals surface area contributed by atoms with Crippen LogP contribution in [0.5, 0.6) is 0 Å². The molecule has 7 heteroatoms. The van der Waals surface area contributed by atoms with Crippen molar-refractivity contribution in [2.45, 2.75) is 33.3 Å². The number of hydrogen-bond acceptors (Lipinski definition) is 4. The van der Waals surface area contributed by atoms with Gasteiger partial charge in [-0.3, -0.25) is 0 Å². The Kier molecular flexibility index (Phi) is 11.8. The Bertz CT molecular complexity index is 531. The normalized spacial score (nSPS) is 10.0. The van der Waals surface area contributed by atoms with E-state index in [-0.39, 0.29) is 35.4 Å². The number of carbonyl (C=O) groups excluding carboxylic acids is 1. The average molecular weight is 304 g/mol. The Morgan fingerprint density at radius 1 is 1.23 bits per heavy atom. The molecule has 0 heterocycles. The van der Waals surface area contributed by atoms with Crippen LogP contribution < -0.4 is 18.9 Å². The first-order valence-electron chi connectivity index (χ1n) is 5.94. The molecule has 1 rings (SSSR count). The molecule has 0 atom stereocenters. The second-order valence-electron chi connectivity index (χ2n) is 5.24. The molecule has 0 unspecified atom stereocenters. The third kappa shape index (κ3) is 8.65. The summed E-state index contributed by atoms with van der Waals surface area (Å²) in [6.45, 7) is 7.18. The van der Waals surface area contributed by atoms with Gasteiger partial charge in [0.05, 0.1) is 5.56 Å². The zero-order chi connectivity index (χ0) is 14.6. The van der Waals surface area contributed by atoms with Crippen LogP contribution in [0.15, 0.2) is 24.3 Å². The van der Waals surface area contributed by atoms with Crippen molar-refractivity contribution in [2.75, 3.05) is 0 Å². The molecular formula is C15H21LiO6. The summed E-state index contributed by atoms with van der Waals surface area (Å²) in [7, 11) is 0. The minimum absolute atomic E-state index is 0. The molecule has 0 saturated heterocycles. The van der Waals surface area contributed by atoms with E-state index in [2.05, 4.69) is 0 Å². The number of carboxylic acids is 1. The van der Waals surface area contributed by atoms with E-state index in [4.69, 9.17) is 9.84 Å². The van der Waals surface area contributed by atoms with E-state index in [0.29, 0.717) is 0 Å². The number of benzene rings is 1. The van der Waals surface area contributed by atoms with Gasteiger partial charge in [0.1, 0.15) is 5.60 Å². The van der Waals surface area contributed by atoms with Gasteiger partial charge in [0, 0.05) is 6.08 Å². The van der Waals surface area contributed by atoms with E-state index in [1.165, 1.54) is 12.1 Å². The Hall–Kier alpha value is -1.58. The van der Waals surface area contributed by atoms with Gasteiger partial charge < -0.3 is 20.8 Å². The van der Waals surface area contributed by atoms with E-state index in [9.17, 15) is 9.59 Å². The first-order chi connectivity index (χ1) is 8.69. The Labute approximate surface area is 142 Å². The number of carboxylic acid groups (broad SMARTS) is 1. The second-order valence-corrected chi connectivity index (χ2v) is 5.24. The van der Waals surface area contributed by atoms with Crippen molar-refractivity contribution >= 4 is 18.0 Å². The molecule has 4 N–H and O–H groups in total. The summed E-state index contributed by atoms with van der Waals surface area (Å²) in [5, 5.41) is 8.85. The van der Waals surface area contributed by atoms with E-state index in [0.717, 1.165) is 11.1 Å². The summed E-state index contributed by atoms with van der Waals surface area (Å²) in [5.41, 5.74) is 1.28. The van der Waals surface area contributed by atoms with Crippen LogP contribution >= 0.6 is 0 Å². The third-order valence-corrected chi connectivity index (χ3v) is 2.32. The Morgan fingerprint density at radius 2 is 1.77 bits per heavy atom. The Morgan fingerprint density at radius 3 is 2.18 bits per heavy atom. The van der Waals surface area contributed by atoms with Crippen LogP contribution in [-0.2, 0) is 9.53 Å². The number of hydrogen-bond donors (Lipinski definition) is 1. The molecule has 0 fully saturated rings. The van der Waals surface area contributed by atoms with Crippen LogP contribution in [0.4, 0.5) is 0 Å². The van der Waals surface area contributed by atoms with Crippen molar-refractivity contribution in [3.63, 3.8) is 0 Å². The molecular weight excluding hydrogens is 283 g/mol. The fraction of sp³-hybridized carbons (Fsp3) is 0.333. The third-order valence-electron chi connectivity index (χ3n) is 2.32. The molecule has 0 bridgehead atoms. The van der Waals surface area contributed by atoms with Crippen LogP contribution in [0.1, 0.15) is 42.3 Å². The molecule has 0 aliphatic carbocycles. The summed E-state index contributed by atoms with van der Waals surface area (Å²) in [6, 6.07) is 4.74. The second kappa shape index (κ2) is 10.2. The van der Waals surface area contributed by atoms with Crippen molar-refractivity contribution in [1.82, 2.24) is 0 Å². The topological polar surface area (TPSA) is 125 Å². The number of ether oxygens (including phenoxy) is 1. The minimum Gasteiger partial charge on any atom is -0.870 e. The monoisotopic (exact) mass is 304 g/mol. The largest absolute Gasteiger partial charge is 1.00 e. The molecule has 0 saturated carbocycles. The molecule has 0 aliphatic heterocycles. The maximum Gasteiger partial charge on any atom is 1.00 e. The number of aryl methyl sites for hydroxylation is 1. The van der Waals surface area contributed by atoms with Crippen molar-refractivity contribution in [3.05, 3.63) is 41.0 Å². The quantitative estimate of drug-likeness (QED) is 0.438. The predicted octanol–water partition coefficient (Wildman–Crippen LogP) is -0.949. The summed E-state index contributed by atoms with van der Waals surface area (Å²) < 4.78 is 5.14. The van der Waals surface area contributed by atoms with Gasteiger partial charge >= 0.3 is 30.8 Å². The van der Waals surface area contributed by atoms with Crippen LogP contribution in [0.3, 0.4) is 0 Å². The molecule has 0 radical (unpaired) electrons. The van der Waals surface area contributed by atoms with Gasteiger partial charge in [-0.25, -0.2) is 9.59 Å². The fourth-order valence-electron chi connectivity index (χ4n) is 1.49. The van der Waals surface area contributed by atoms with E-state index in [1.807, 2.05) is 0 Å². The maximum absolute atomic E-state index is 11.5. The molecule has 0 spiro atoms. The SMILES string of the molecule is Cc1cc(C(=O)O)ccc1/C=C/C(=O)OC(C)(C)C.O.[Li+].[OH-].